The molecule has 0 spiro atoms. The minimum Gasteiger partial charge on any atom is -0.350 e. The highest BCUT2D eigenvalue weighted by molar-refractivity contribution is 5.92. The van der Waals surface area contributed by atoms with Crippen molar-refractivity contribution < 1.29 is 4.79 Å². The molecule has 0 radical (unpaired) electrons. The molecule has 0 aliphatic heterocycles. The molecular weight excluding hydrogens is 336 g/mol. The van der Waals surface area contributed by atoms with Crippen molar-refractivity contribution in [2.24, 2.45) is 0 Å². The normalized spacial score (nSPS) is 10.4. The number of hydrogen-bond donors (Lipinski definition) is 1. The van der Waals surface area contributed by atoms with Gasteiger partial charge in [0.1, 0.15) is 5.69 Å². The van der Waals surface area contributed by atoms with Gasteiger partial charge in [0.15, 0.2) is 0 Å². The number of hydrogen-bond acceptors (Lipinski definition) is 4. The van der Waals surface area contributed by atoms with E-state index in [9.17, 15) is 4.79 Å². The van der Waals surface area contributed by atoms with E-state index in [4.69, 9.17) is 0 Å². The summed E-state index contributed by atoms with van der Waals surface area (Å²) in [6, 6.07) is 21.8. The maximum Gasteiger partial charge on any atom is 0.272 e. The summed E-state index contributed by atoms with van der Waals surface area (Å²) in [4.78, 5) is 23.6. The molecule has 3 rings (SSSR count). The molecule has 0 aliphatic rings. The number of benzene rings is 2. The Bertz CT molecular complexity index is 881. The van der Waals surface area contributed by atoms with Crippen LogP contribution in [0.2, 0.25) is 0 Å². The summed E-state index contributed by atoms with van der Waals surface area (Å²) in [6.45, 7) is 5.64. The van der Waals surface area contributed by atoms with E-state index >= 15 is 0 Å². The van der Waals surface area contributed by atoms with Gasteiger partial charge in [-0.2, -0.15) is 0 Å². The van der Waals surface area contributed by atoms with Gasteiger partial charge in [-0.1, -0.05) is 60.7 Å². The van der Waals surface area contributed by atoms with Gasteiger partial charge in [0.25, 0.3) is 5.91 Å². The van der Waals surface area contributed by atoms with Crippen LogP contribution < -0.4 is 5.32 Å². The molecule has 0 saturated carbocycles. The number of anilines is 1. The second-order valence-electron chi connectivity index (χ2n) is 6.36. The molecule has 2 aromatic carbocycles. The van der Waals surface area contributed by atoms with E-state index < -0.39 is 0 Å². The van der Waals surface area contributed by atoms with Crippen molar-refractivity contribution in [2.75, 3.05) is 11.9 Å². The van der Waals surface area contributed by atoms with Gasteiger partial charge >= 0.3 is 0 Å². The topological polar surface area (TPSA) is 58.1 Å². The molecule has 3 aromatic rings. The number of nitrogens with one attached hydrogen (secondary N) is 1. The number of carbonyl (C=O) groups excluding carboxylic acids is 1. The van der Waals surface area contributed by atoms with Gasteiger partial charge in [0.05, 0.1) is 0 Å². The number of aryl methyl sites for hydroxylation is 1. The summed E-state index contributed by atoms with van der Waals surface area (Å²) in [5.41, 5.74) is 3.41. The predicted molar refractivity (Wildman–Crippen MR) is 107 cm³/mol. The Morgan fingerprint density at radius 1 is 0.963 bits per heavy atom. The van der Waals surface area contributed by atoms with E-state index in [-0.39, 0.29) is 5.91 Å². The molecule has 1 N–H and O–H groups in total. The molecule has 0 unspecified atom stereocenters. The molecule has 5 heteroatoms. The molecule has 138 valence electrons. The number of nitrogens with zero attached hydrogens (tertiary/aromatic N) is 3. The third-order valence-corrected chi connectivity index (χ3v) is 4.25. The number of carbonyl (C=O) groups is 1. The molecule has 0 fully saturated rings. The number of amides is 1. The van der Waals surface area contributed by atoms with Crippen LogP contribution in [-0.2, 0) is 13.1 Å². The van der Waals surface area contributed by atoms with Gasteiger partial charge in [-0.05, 0) is 31.0 Å². The summed E-state index contributed by atoms with van der Waals surface area (Å²) >= 11 is 0. The Labute approximate surface area is 160 Å². The molecule has 1 heterocycles. The van der Waals surface area contributed by atoms with E-state index in [1.54, 1.807) is 11.0 Å². The van der Waals surface area contributed by atoms with Gasteiger partial charge in [-0.3, -0.25) is 4.79 Å². The van der Waals surface area contributed by atoms with E-state index in [2.05, 4.69) is 15.3 Å². The molecule has 5 nitrogen and oxygen atoms in total. The van der Waals surface area contributed by atoms with Gasteiger partial charge < -0.3 is 10.2 Å². The zero-order valence-corrected chi connectivity index (χ0v) is 15.7. The molecule has 0 aliphatic carbocycles. The van der Waals surface area contributed by atoms with Crippen molar-refractivity contribution in [1.82, 2.24) is 14.9 Å². The third kappa shape index (κ3) is 5.14. The highest BCUT2D eigenvalue weighted by Gasteiger charge is 2.17. The standard InChI is InChI=1S/C22H24N4O/c1-3-26(16-19-12-8-5-9-13-19)21(27)20-14-17(2)24-22(25-20)23-15-18-10-6-4-7-11-18/h4-14H,3,15-16H2,1-2H3,(H,23,24,25). The Kier molecular flexibility index (Phi) is 6.15. The van der Waals surface area contributed by atoms with Gasteiger partial charge in [0.2, 0.25) is 5.95 Å². The highest BCUT2D eigenvalue weighted by Crippen LogP contribution is 2.12. The third-order valence-electron chi connectivity index (χ3n) is 4.25. The molecule has 0 saturated heterocycles. The summed E-state index contributed by atoms with van der Waals surface area (Å²) in [5, 5.41) is 3.21. The van der Waals surface area contributed by atoms with E-state index in [1.165, 1.54) is 0 Å². The number of aromatic nitrogens is 2. The fraction of sp³-hybridized carbons (Fsp3) is 0.227. The van der Waals surface area contributed by atoms with E-state index in [0.29, 0.717) is 31.3 Å². The molecule has 27 heavy (non-hydrogen) atoms. The Morgan fingerprint density at radius 2 is 1.59 bits per heavy atom. The lowest BCUT2D eigenvalue weighted by Crippen LogP contribution is -2.31. The van der Waals surface area contributed by atoms with E-state index in [0.717, 1.165) is 16.8 Å². The van der Waals surface area contributed by atoms with Crippen molar-refractivity contribution in [3.8, 4) is 0 Å². The zero-order chi connectivity index (χ0) is 19.1. The van der Waals surface area contributed by atoms with Gasteiger partial charge in [-0.25, -0.2) is 9.97 Å². The first kappa shape index (κ1) is 18.6. The average molecular weight is 360 g/mol. The smallest absolute Gasteiger partial charge is 0.272 e. The Morgan fingerprint density at radius 3 is 2.22 bits per heavy atom. The lowest BCUT2D eigenvalue weighted by Gasteiger charge is -2.21. The van der Waals surface area contributed by atoms with Crippen LogP contribution in [0.3, 0.4) is 0 Å². The summed E-state index contributed by atoms with van der Waals surface area (Å²) in [5.74, 6) is 0.382. The first-order chi connectivity index (χ1) is 13.2. The monoisotopic (exact) mass is 360 g/mol. The highest BCUT2D eigenvalue weighted by atomic mass is 16.2. The van der Waals surface area contributed by atoms with Crippen LogP contribution in [0.1, 0.15) is 34.2 Å². The van der Waals surface area contributed by atoms with Gasteiger partial charge in [0, 0.05) is 25.3 Å². The Balaban J connectivity index is 1.74. The van der Waals surface area contributed by atoms with Gasteiger partial charge in [-0.15, -0.1) is 0 Å². The van der Waals surface area contributed by atoms with Crippen LogP contribution in [0.25, 0.3) is 0 Å². The molecular formula is C22H24N4O. The zero-order valence-electron chi connectivity index (χ0n) is 15.7. The maximum atomic E-state index is 13.0. The van der Waals surface area contributed by atoms with Crippen LogP contribution in [0.4, 0.5) is 5.95 Å². The van der Waals surface area contributed by atoms with Crippen molar-refractivity contribution in [1.29, 1.82) is 0 Å². The van der Waals surface area contributed by atoms with Crippen molar-refractivity contribution in [2.45, 2.75) is 26.9 Å². The first-order valence-corrected chi connectivity index (χ1v) is 9.12. The fourth-order valence-corrected chi connectivity index (χ4v) is 2.83. The summed E-state index contributed by atoms with van der Waals surface area (Å²) < 4.78 is 0. The largest absolute Gasteiger partial charge is 0.350 e. The van der Waals surface area contributed by atoms with Crippen LogP contribution in [0.5, 0.6) is 0 Å². The van der Waals surface area contributed by atoms with Crippen LogP contribution in [-0.4, -0.2) is 27.3 Å². The van der Waals surface area contributed by atoms with Crippen LogP contribution >= 0.6 is 0 Å². The molecule has 1 aromatic heterocycles. The second-order valence-corrected chi connectivity index (χ2v) is 6.36. The lowest BCUT2D eigenvalue weighted by molar-refractivity contribution is 0.0746. The lowest BCUT2D eigenvalue weighted by atomic mass is 10.2. The quantitative estimate of drug-likeness (QED) is 0.690. The van der Waals surface area contributed by atoms with Crippen LogP contribution in [0, 0.1) is 6.92 Å². The predicted octanol–water partition coefficient (Wildman–Crippen LogP) is 4.06. The van der Waals surface area contributed by atoms with E-state index in [1.807, 2.05) is 74.5 Å². The SMILES string of the molecule is CCN(Cc1ccccc1)C(=O)c1cc(C)nc(NCc2ccccc2)n1. The summed E-state index contributed by atoms with van der Waals surface area (Å²) in [6.07, 6.45) is 0. The van der Waals surface area contributed by atoms with Crippen LogP contribution in [0.15, 0.2) is 66.7 Å². The second kappa shape index (κ2) is 8.94. The summed E-state index contributed by atoms with van der Waals surface area (Å²) in [7, 11) is 0. The fourth-order valence-electron chi connectivity index (χ4n) is 2.83. The number of rotatable bonds is 7. The minimum absolute atomic E-state index is 0.0883. The molecule has 1 amide bonds. The minimum atomic E-state index is -0.0883. The van der Waals surface area contributed by atoms with Crippen molar-refractivity contribution in [3.05, 3.63) is 89.2 Å². The first-order valence-electron chi connectivity index (χ1n) is 9.12. The van der Waals surface area contributed by atoms with Crippen molar-refractivity contribution >= 4 is 11.9 Å². The molecule has 0 atom stereocenters. The maximum absolute atomic E-state index is 13.0. The average Bonchev–Trinajstić information content (AvgIpc) is 2.71. The Hall–Kier alpha value is -3.21. The van der Waals surface area contributed by atoms with Crippen molar-refractivity contribution in [3.63, 3.8) is 0 Å². The molecule has 0 bridgehead atoms.